The Kier molecular flexibility index (Phi) is 4.59. The van der Waals surface area contributed by atoms with Crippen molar-refractivity contribution in [3.8, 4) is 11.5 Å². The van der Waals surface area contributed by atoms with Crippen LogP contribution in [0, 0.1) is 16.0 Å². The highest BCUT2D eigenvalue weighted by Crippen LogP contribution is 2.38. The van der Waals surface area contributed by atoms with Crippen LogP contribution in [-0.2, 0) is 4.79 Å². The van der Waals surface area contributed by atoms with Gasteiger partial charge in [0.1, 0.15) is 5.56 Å². The molecule has 4 rings (SSSR count). The minimum Gasteiger partial charge on any atom is -0.454 e. The molecule has 2 amide bonds. The Morgan fingerprint density at radius 1 is 1.24 bits per heavy atom. The van der Waals surface area contributed by atoms with Crippen LogP contribution in [0.4, 0.5) is 11.4 Å². The summed E-state index contributed by atoms with van der Waals surface area (Å²) in [6, 6.07) is 9.32. The minimum absolute atomic E-state index is 0.0273. The molecule has 0 aromatic heterocycles. The molecule has 0 saturated heterocycles. The summed E-state index contributed by atoms with van der Waals surface area (Å²) in [6.45, 7) is 1.85. The van der Waals surface area contributed by atoms with Gasteiger partial charge in [-0.1, -0.05) is 19.1 Å². The van der Waals surface area contributed by atoms with Gasteiger partial charge in [-0.25, -0.2) is 5.43 Å². The van der Waals surface area contributed by atoms with Crippen LogP contribution < -0.4 is 20.2 Å². The highest BCUT2D eigenvalue weighted by Gasteiger charge is 2.27. The number of hydrogen-bond acceptors (Lipinski definition) is 7. The van der Waals surface area contributed by atoms with E-state index in [-0.39, 0.29) is 41.4 Å². The molecule has 1 unspecified atom stereocenters. The van der Waals surface area contributed by atoms with Crippen LogP contribution >= 0.6 is 0 Å². The number of carbonyl (C=O) groups excluding carboxylic acids is 2. The molecule has 2 aromatic carbocycles. The normalized spacial score (nSPS) is 17.3. The number of carbonyl (C=O) groups is 2. The molecule has 0 aliphatic carbocycles. The van der Waals surface area contributed by atoms with E-state index in [1.807, 2.05) is 6.92 Å². The highest BCUT2D eigenvalue weighted by atomic mass is 16.7. The summed E-state index contributed by atoms with van der Waals surface area (Å²) in [5.41, 5.74) is 3.97. The number of ether oxygens (including phenoxy) is 2. The van der Waals surface area contributed by atoms with Crippen molar-refractivity contribution < 1.29 is 24.0 Å². The minimum atomic E-state index is -0.642. The molecule has 10 heteroatoms. The Labute approximate surface area is 164 Å². The van der Waals surface area contributed by atoms with Gasteiger partial charge in [-0.2, -0.15) is 5.10 Å². The molecule has 0 bridgehead atoms. The van der Waals surface area contributed by atoms with Gasteiger partial charge < -0.3 is 14.8 Å². The van der Waals surface area contributed by atoms with Gasteiger partial charge in [0.2, 0.25) is 12.7 Å². The predicted molar refractivity (Wildman–Crippen MR) is 102 cm³/mol. The fraction of sp³-hybridized carbons (Fsp3) is 0.211. The lowest BCUT2D eigenvalue weighted by molar-refractivity contribution is -0.385. The Hall–Kier alpha value is -3.95. The quantitative estimate of drug-likeness (QED) is 0.603. The number of nitro groups is 1. The molecule has 0 spiro atoms. The van der Waals surface area contributed by atoms with E-state index in [9.17, 15) is 19.7 Å². The zero-order valence-electron chi connectivity index (χ0n) is 15.3. The number of anilines is 1. The van der Waals surface area contributed by atoms with E-state index in [0.717, 1.165) is 11.3 Å². The Morgan fingerprint density at radius 2 is 1.93 bits per heavy atom. The van der Waals surface area contributed by atoms with Crippen molar-refractivity contribution >= 4 is 28.9 Å². The van der Waals surface area contributed by atoms with E-state index < -0.39 is 10.8 Å². The fourth-order valence-electron chi connectivity index (χ4n) is 3.19. The molecule has 2 N–H and O–H groups in total. The third kappa shape index (κ3) is 3.59. The molecular weight excluding hydrogens is 380 g/mol. The lowest BCUT2D eigenvalue weighted by Gasteiger charge is -2.19. The highest BCUT2D eigenvalue weighted by molar-refractivity contribution is 6.08. The molecule has 0 fully saturated rings. The summed E-state index contributed by atoms with van der Waals surface area (Å²) >= 11 is 0. The summed E-state index contributed by atoms with van der Waals surface area (Å²) in [4.78, 5) is 34.7. The van der Waals surface area contributed by atoms with Gasteiger partial charge >= 0.3 is 0 Å². The lowest BCUT2D eigenvalue weighted by atomic mass is 9.94. The summed E-state index contributed by atoms with van der Waals surface area (Å²) < 4.78 is 10.3. The molecule has 10 nitrogen and oxygen atoms in total. The van der Waals surface area contributed by atoms with Gasteiger partial charge in [-0.15, -0.1) is 0 Å². The molecule has 0 radical (unpaired) electrons. The first-order valence-electron chi connectivity index (χ1n) is 8.78. The second kappa shape index (κ2) is 7.23. The van der Waals surface area contributed by atoms with Gasteiger partial charge in [0.15, 0.2) is 11.5 Å². The van der Waals surface area contributed by atoms with Crippen molar-refractivity contribution in [3.63, 3.8) is 0 Å². The molecule has 2 aliphatic rings. The molecule has 29 heavy (non-hydrogen) atoms. The SMILES string of the molecule is CC1CC(=O)NN=C1c1ccc(NC(=O)c2cc3c(cc2[N+](=O)[O-])OCO3)cc1. The van der Waals surface area contributed by atoms with Crippen LogP contribution in [0.3, 0.4) is 0 Å². The van der Waals surface area contributed by atoms with Crippen molar-refractivity contribution in [2.45, 2.75) is 13.3 Å². The molecule has 2 aliphatic heterocycles. The summed E-state index contributed by atoms with van der Waals surface area (Å²) in [5, 5.41) is 18.1. The summed E-state index contributed by atoms with van der Waals surface area (Å²) in [5.74, 6) is -0.288. The van der Waals surface area contributed by atoms with Crippen LogP contribution in [0.2, 0.25) is 0 Å². The van der Waals surface area contributed by atoms with Crippen LogP contribution in [-0.4, -0.2) is 29.2 Å². The molecule has 2 heterocycles. The Bertz CT molecular complexity index is 1050. The van der Waals surface area contributed by atoms with Gasteiger partial charge in [-0.05, 0) is 17.7 Å². The first kappa shape index (κ1) is 18.4. The number of rotatable bonds is 4. The van der Waals surface area contributed by atoms with Crippen molar-refractivity contribution in [1.29, 1.82) is 0 Å². The number of amides is 2. The molecular formula is C19H16N4O6. The van der Waals surface area contributed by atoms with Crippen molar-refractivity contribution in [2.75, 3.05) is 12.1 Å². The third-order valence-electron chi connectivity index (χ3n) is 4.63. The topological polar surface area (TPSA) is 132 Å². The third-order valence-corrected chi connectivity index (χ3v) is 4.63. The number of benzene rings is 2. The average Bonchev–Trinajstić information content (AvgIpc) is 3.15. The van der Waals surface area contributed by atoms with E-state index >= 15 is 0 Å². The van der Waals surface area contributed by atoms with Crippen molar-refractivity contribution in [2.24, 2.45) is 11.0 Å². The second-order valence-corrected chi connectivity index (χ2v) is 6.65. The predicted octanol–water partition coefficient (Wildman–Crippen LogP) is 2.44. The zero-order chi connectivity index (χ0) is 20.5. The van der Waals surface area contributed by atoms with Gasteiger partial charge in [-0.3, -0.25) is 19.7 Å². The second-order valence-electron chi connectivity index (χ2n) is 6.65. The fourth-order valence-corrected chi connectivity index (χ4v) is 3.19. The van der Waals surface area contributed by atoms with E-state index in [2.05, 4.69) is 15.8 Å². The first-order chi connectivity index (χ1) is 13.9. The number of nitro benzene ring substituents is 1. The average molecular weight is 396 g/mol. The lowest BCUT2D eigenvalue weighted by Crippen LogP contribution is -2.31. The van der Waals surface area contributed by atoms with Crippen LogP contribution in [0.15, 0.2) is 41.5 Å². The molecule has 148 valence electrons. The first-order valence-corrected chi connectivity index (χ1v) is 8.78. The maximum Gasteiger partial charge on any atom is 0.286 e. The molecule has 2 aromatic rings. The van der Waals surface area contributed by atoms with Crippen molar-refractivity contribution in [1.82, 2.24) is 5.43 Å². The van der Waals surface area contributed by atoms with E-state index in [4.69, 9.17) is 9.47 Å². The summed E-state index contributed by atoms with van der Waals surface area (Å²) in [6.07, 6.45) is 0.352. The monoisotopic (exact) mass is 396 g/mol. The van der Waals surface area contributed by atoms with Crippen molar-refractivity contribution in [3.05, 3.63) is 57.6 Å². The number of nitrogens with zero attached hydrogens (tertiary/aromatic N) is 2. The van der Waals surface area contributed by atoms with Gasteiger partial charge in [0.25, 0.3) is 11.6 Å². The maximum atomic E-state index is 12.6. The van der Waals surface area contributed by atoms with Crippen LogP contribution in [0.1, 0.15) is 29.3 Å². The number of hydrazone groups is 1. The van der Waals surface area contributed by atoms with Gasteiger partial charge in [0.05, 0.1) is 16.7 Å². The molecule has 0 saturated carbocycles. The Morgan fingerprint density at radius 3 is 2.59 bits per heavy atom. The van der Waals surface area contributed by atoms with Crippen LogP contribution in [0.25, 0.3) is 0 Å². The van der Waals surface area contributed by atoms with Gasteiger partial charge in [0, 0.05) is 24.1 Å². The zero-order valence-corrected chi connectivity index (χ0v) is 15.3. The van der Waals surface area contributed by atoms with E-state index in [1.54, 1.807) is 24.3 Å². The molecule has 1 atom stereocenters. The smallest absolute Gasteiger partial charge is 0.286 e. The number of hydrogen-bond donors (Lipinski definition) is 2. The van der Waals surface area contributed by atoms with E-state index in [0.29, 0.717) is 12.1 Å². The Balaban J connectivity index is 1.55. The maximum absolute atomic E-state index is 12.6. The largest absolute Gasteiger partial charge is 0.454 e. The van der Waals surface area contributed by atoms with E-state index in [1.165, 1.54) is 12.1 Å². The summed E-state index contributed by atoms with van der Waals surface area (Å²) in [7, 11) is 0. The standard InChI is InChI=1S/C19H16N4O6/c1-10-6-17(24)21-22-18(10)11-2-4-12(5-3-11)20-19(25)13-7-15-16(29-9-28-15)8-14(13)23(26)27/h2-5,7-8,10H,6,9H2,1H3,(H,20,25)(H,21,24). The number of nitrogens with one attached hydrogen (secondary N) is 2. The number of fused-ring (bicyclic) bond motifs is 1. The van der Waals surface area contributed by atoms with Crippen LogP contribution in [0.5, 0.6) is 11.5 Å².